The van der Waals surface area contributed by atoms with Crippen molar-refractivity contribution in [2.24, 2.45) is 0 Å². The summed E-state index contributed by atoms with van der Waals surface area (Å²) in [4.78, 5) is 15.5. The Kier molecular flexibility index (Phi) is 3.55. The van der Waals surface area contributed by atoms with E-state index >= 15 is 0 Å². The van der Waals surface area contributed by atoms with Gasteiger partial charge in [0.25, 0.3) is 0 Å². The van der Waals surface area contributed by atoms with E-state index in [1.54, 1.807) is 13.2 Å². The third-order valence-corrected chi connectivity index (χ3v) is 2.59. The second kappa shape index (κ2) is 5.30. The normalized spacial score (nSPS) is 10.2. The monoisotopic (exact) mass is 229 g/mol. The van der Waals surface area contributed by atoms with Crippen LogP contribution in [0.3, 0.4) is 0 Å². The molecule has 0 unspecified atom stereocenters. The Hall–Kier alpha value is -2.10. The number of imidazole rings is 1. The van der Waals surface area contributed by atoms with Crippen LogP contribution in [0.4, 0.5) is 0 Å². The van der Waals surface area contributed by atoms with Crippen LogP contribution in [0.1, 0.15) is 11.4 Å². The first-order valence-electron chi connectivity index (χ1n) is 5.54. The lowest BCUT2D eigenvalue weighted by Gasteiger charge is -2.07. The fraction of sp³-hybridized carbons (Fsp3) is 0.231. The van der Waals surface area contributed by atoms with Crippen molar-refractivity contribution in [3.8, 4) is 0 Å². The maximum absolute atomic E-state index is 11.3. The van der Waals surface area contributed by atoms with Gasteiger partial charge in [-0.1, -0.05) is 30.3 Å². The number of rotatable bonds is 4. The molecule has 0 atom stereocenters. The van der Waals surface area contributed by atoms with Gasteiger partial charge in [-0.25, -0.2) is 4.98 Å². The third kappa shape index (κ3) is 2.93. The molecule has 0 aliphatic rings. The van der Waals surface area contributed by atoms with Gasteiger partial charge in [0.15, 0.2) is 0 Å². The van der Waals surface area contributed by atoms with E-state index in [0.29, 0.717) is 6.42 Å². The van der Waals surface area contributed by atoms with Gasteiger partial charge in [0.05, 0.1) is 6.42 Å². The van der Waals surface area contributed by atoms with Gasteiger partial charge in [0, 0.05) is 26.0 Å². The summed E-state index contributed by atoms with van der Waals surface area (Å²) in [5.74, 6) is 0.763. The van der Waals surface area contributed by atoms with Crippen LogP contribution in [0.15, 0.2) is 42.7 Å². The Morgan fingerprint density at radius 3 is 2.82 bits per heavy atom. The molecule has 17 heavy (non-hydrogen) atoms. The Bertz CT molecular complexity index is 490. The van der Waals surface area contributed by atoms with E-state index < -0.39 is 0 Å². The van der Waals surface area contributed by atoms with Crippen LogP contribution in [0.5, 0.6) is 0 Å². The molecule has 0 saturated carbocycles. The summed E-state index contributed by atoms with van der Waals surface area (Å²) < 4.78 is 1.99. The standard InChI is InChI=1S/C13H15N3O/c1-14-13(17)9-12-15-7-8-16(12)10-11-5-3-2-4-6-11/h2-8H,9-10H2,1H3,(H,14,17). The summed E-state index contributed by atoms with van der Waals surface area (Å²) in [5, 5.41) is 2.60. The maximum Gasteiger partial charge on any atom is 0.227 e. The highest BCUT2D eigenvalue weighted by atomic mass is 16.1. The van der Waals surface area contributed by atoms with E-state index in [0.717, 1.165) is 12.4 Å². The van der Waals surface area contributed by atoms with Crippen LogP contribution < -0.4 is 5.32 Å². The van der Waals surface area contributed by atoms with Gasteiger partial charge in [0.2, 0.25) is 5.91 Å². The van der Waals surface area contributed by atoms with Crippen molar-refractivity contribution in [2.75, 3.05) is 7.05 Å². The molecule has 4 heteroatoms. The minimum absolute atomic E-state index is 0.0227. The van der Waals surface area contributed by atoms with Crippen LogP contribution in [-0.2, 0) is 17.8 Å². The second-order valence-electron chi connectivity index (χ2n) is 3.81. The molecule has 2 aromatic rings. The minimum Gasteiger partial charge on any atom is -0.359 e. The van der Waals surface area contributed by atoms with Gasteiger partial charge in [-0.15, -0.1) is 0 Å². The average Bonchev–Trinajstić information content (AvgIpc) is 2.78. The predicted molar refractivity (Wildman–Crippen MR) is 65.5 cm³/mol. The van der Waals surface area contributed by atoms with E-state index in [1.165, 1.54) is 5.56 Å². The van der Waals surface area contributed by atoms with Crippen molar-refractivity contribution in [3.63, 3.8) is 0 Å². The smallest absolute Gasteiger partial charge is 0.227 e. The van der Waals surface area contributed by atoms with Gasteiger partial charge in [0.1, 0.15) is 5.82 Å². The number of carbonyl (C=O) groups is 1. The molecule has 4 nitrogen and oxygen atoms in total. The van der Waals surface area contributed by atoms with E-state index in [1.807, 2.05) is 29.0 Å². The topological polar surface area (TPSA) is 46.9 Å². The summed E-state index contributed by atoms with van der Waals surface area (Å²) >= 11 is 0. The molecule has 1 aromatic heterocycles. The van der Waals surface area contributed by atoms with E-state index in [2.05, 4.69) is 22.4 Å². The number of amides is 1. The largest absolute Gasteiger partial charge is 0.359 e. The molecule has 1 heterocycles. The summed E-state index contributed by atoms with van der Waals surface area (Å²) in [6.07, 6.45) is 3.93. The van der Waals surface area contributed by atoms with Crippen LogP contribution in [0.25, 0.3) is 0 Å². The zero-order chi connectivity index (χ0) is 12.1. The number of aromatic nitrogens is 2. The lowest BCUT2D eigenvalue weighted by molar-refractivity contribution is -0.120. The first-order chi connectivity index (χ1) is 8.29. The van der Waals surface area contributed by atoms with Gasteiger partial charge in [-0.2, -0.15) is 0 Å². The number of benzene rings is 1. The molecule has 0 bridgehead atoms. The first kappa shape index (κ1) is 11.4. The molecule has 0 saturated heterocycles. The number of nitrogens with one attached hydrogen (secondary N) is 1. The van der Waals surface area contributed by atoms with Crippen molar-refractivity contribution in [3.05, 3.63) is 54.1 Å². The lowest BCUT2D eigenvalue weighted by atomic mass is 10.2. The van der Waals surface area contributed by atoms with Crippen LogP contribution >= 0.6 is 0 Å². The SMILES string of the molecule is CNC(=O)Cc1nccn1Cc1ccccc1. The Morgan fingerprint density at radius 2 is 2.12 bits per heavy atom. The molecule has 0 radical (unpaired) electrons. The molecule has 0 aliphatic heterocycles. The second-order valence-corrected chi connectivity index (χ2v) is 3.81. The number of likely N-dealkylation sites (N-methyl/N-ethyl adjacent to an activating group) is 1. The quantitative estimate of drug-likeness (QED) is 0.857. The molecule has 0 aliphatic carbocycles. The van der Waals surface area contributed by atoms with E-state index in [4.69, 9.17) is 0 Å². The Balaban J connectivity index is 2.12. The van der Waals surface area contributed by atoms with E-state index in [-0.39, 0.29) is 5.91 Å². The molecule has 0 fully saturated rings. The molecular formula is C13H15N3O. The molecule has 88 valence electrons. The zero-order valence-electron chi connectivity index (χ0n) is 9.76. The number of hydrogen-bond donors (Lipinski definition) is 1. The maximum atomic E-state index is 11.3. The van der Waals surface area contributed by atoms with Gasteiger partial charge >= 0.3 is 0 Å². The van der Waals surface area contributed by atoms with Crippen LogP contribution in [0.2, 0.25) is 0 Å². The Labute approximate surface area is 100 Å². The van der Waals surface area contributed by atoms with Crippen molar-refractivity contribution >= 4 is 5.91 Å². The van der Waals surface area contributed by atoms with Crippen molar-refractivity contribution in [1.82, 2.24) is 14.9 Å². The first-order valence-corrected chi connectivity index (χ1v) is 5.54. The fourth-order valence-electron chi connectivity index (χ4n) is 1.66. The zero-order valence-corrected chi connectivity index (χ0v) is 9.76. The summed E-state index contributed by atoms with van der Waals surface area (Å²) in [6, 6.07) is 10.1. The van der Waals surface area contributed by atoms with Crippen molar-refractivity contribution < 1.29 is 4.79 Å². The number of carbonyl (C=O) groups excluding carboxylic acids is 1. The molecule has 1 N–H and O–H groups in total. The minimum atomic E-state index is -0.0227. The highest BCUT2D eigenvalue weighted by Gasteiger charge is 2.07. The van der Waals surface area contributed by atoms with Gasteiger partial charge in [-0.05, 0) is 5.56 Å². The molecular weight excluding hydrogens is 214 g/mol. The van der Waals surface area contributed by atoms with Gasteiger partial charge in [-0.3, -0.25) is 4.79 Å². The summed E-state index contributed by atoms with van der Waals surface area (Å²) in [6.45, 7) is 0.743. The summed E-state index contributed by atoms with van der Waals surface area (Å²) in [5.41, 5.74) is 1.20. The molecule has 2 rings (SSSR count). The predicted octanol–water partition coefficient (Wildman–Crippen LogP) is 1.22. The van der Waals surface area contributed by atoms with Gasteiger partial charge < -0.3 is 9.88 Å². The highest BCUT2D eigenvalue weighted by Crippen LogP contribution is 2.05. The van der Waals surface area contributed by atoms with Crippen LogP contribution in [0, 0.1) is 0 Å². The third-order valence-electron chi connectivity index (χ3n) is 2.59. The average molecular weight is 229 g/mol. The van der Waals surface area contributed by atoms with Crippen molar-refractivity contribution in [1.29, 1.82) is 0 Å². The number of hydrogen-bond acceptors (Lipinski definition) is 2. The highest BCUT2D eigenvalue weighted by molar-refractivity contribution is 5.77. The lowest BCUT2D eigenvalue weighted by Crippen LogP contribution is -2.22. The molecule has 1 amide bonds. The number of nitrogens with zero attached hydrogens (tertiary/aromatic N) is 2. The fourth-order valence-corrected chi connectivity index (χ4v) is 1.66. The summed E-state index contributed by atoms with van der Waals surface area (Å²) in [7, 11) is 1.63. The molecule has 1 aromatic carbocycles. The molecule has 0 spiro atoms. The van der Waals surface area contributed by atoms with Crippen LogP contribution in [-0.4, -0.2) is 22.5 Å². The van der Waals surface area contributed by atoms with E-state index in [9.17, 15) is 4.79 Å². The van der Waals surface area contributed by atoms with Crippen molar-refractivity contribution in [2.45, 2.75) is 13.0 Å². The Morgan fingerprint density at radius 1 is 1.35 bits per heavy atom.